The van der Waals surface area contributed by atoms with Gasteiger partial charge in [0.2, 0.25) is 0 Å². The smallest absolute Gasteiger partial charge is 0.382 e. The van der Waals surface area contributed by atoms with E-state index in [1.165, 1.54) is 11.0 Å². The molecule has 4 nitrogen and oxygen atoms in total. The fourth-order valence-electron chi connectivity index (χ4n) is 3.34. The first kappa shape index (κ1) is 15.6. The van der Waals surface area contributed by atoms with Crippen molar-refractivity contribution in [2.75, 3.05) is 11.4 Å². The van der Waals surface area contributed by atoms with Gasteiger partial charge in [-0.05, 0) is 30.4 Å². The first-order valence-electron chi connectivity index (χ1n) is 6.93. The van der Waals surface area contributed by atoms with E-state index in [1.807, 2.05) is 0 Å². The maximum atomic E-state index is 13.9. The molecule has 1 saturated heterocycles. The van der Waals surface area contributed by atoms with E-state index in [-0.39, 0.29) is 29.6 Å². The Morgan fingerprint density at radius 3 is 2.52 bits per heavy atom. The predicted octanol–water partition coefficient (Wildman–Crippen LogP) is 2.32. The molecule has 0 bridgehead atoms. The Morgan fingerprint density at radius 1 is 1.26 bits per heavy atom. The van der Waals surface area contributed by atoms with Crippen LogP contribution in [-0.4, -0.2) is 30.0 Å². The third-order valence-corrected chi connectivity index (χ3v) is 4.50. The van der Waals surface area contributed by atoms with E-state index >= 15 is 0 Å². The summed E-state index contributed by atoms with van der Waals surface area (Å²) in [5, 5.41) is 27.5. The van der Waals surface area contributed by atoms with Crippen molar-refractivity contribution < 1.29 is 22.7 Å². The van der Waals surface area contributed by atoms with Gasteiger partial charge in [-0.3, -0.25) is 0 Å². The number of hydrogen-bond acceptors (Lipinski definition) is 4. The lowest BCUT2D eigenvalue weighted by Gasteiger charge is -2.34. The van der Waals surface area contributed by atoms with Gasteiger partial charge in [-0.25, -0.2) is 4.39 Å². The molecule has 0 spiro atoms. The molecule has 1 aromatic rings. The van der Waals surface area contributed by atoms with Crippen LogP contribution in [0.5, 0.6) is 0 Å². The quantitative estimate of drug-likeness (QED) is 0.847. The van der Waals surface area contributed by atoms with Crippen molar-refractivity contribution in [3.63, 3.8) is 0 Å². The molecule has 120 valence electrons. The molecule has 1 aliphatic carbocycles. The van der Waals surface area contributed by atoms with Crippen LogP contribution in [0.1, 0.15) is 17.5 Å². The summed E-state index contributed by atoms with van der Waals surface area (Å²) >= 11 is 0. The number of benzene rings is 1. The van der Waals surface area contributed by atoms with Gasteiger partial charge in [-0.2, -0.15) is 23.7 Å². The lowest BCUT2D eigenvalue weighted by Crippen LogP contribution is -2.49. The highest BCUT2D eigenvalue weighted by atomic mass is 19.4. The summed E-state index contributed by atoms with van der Waals surface area (Å²) in [5.74, 6) is -1.22. The molecule has 3 rings (SSSR count). The van der Waals surface area contributed by atoms with Gasteiger partial charge in [-0.15, -0.1) is 0 Å². The molecule has 0 radical (unpaired) electrons. The average molecular weight is 325 g/mol. The van der Waals surface area contributed by atoms with Crippen LogP contribution in [-0.2, 0) is 0 Å². The summed E-state index contributed by atoms with van der Waals surface area (Å²) in [6.07, 6.45) is -6.72. The number of aliphatic hydroxyl groups is 1. The van der Waals surface area contributed by atoms with Gasteiger partial charge in [0, 0.05) is 12.2 Å². The second-order valence-electron chi connectivity index (χ2n) is 5.86. The molecule has 1 heterocycles. The second-order valence-corrected chi connectivity index (χ2v) is 5.86. The van der Waals surface area contributed by atoms with E-state index < -0.39 is 29.7 Å². The fourth-order valence-corrected chi connectivity index (χ4v) is 3.34. The van der Waals surface area contributed by atoms with Crippen molar-refractivity contribution in [1.29, 1.82) is 10.5 Å². The number of rotatable bonds is 2. The summed E-state index contributed by atoms with van der Waals surface area (Å²) in [5.41, 5.74) is -0.588. The van der Waals surface area contributed by atoms with Gasteiger partial charge in [0.15, 0.2) is 6.10 Å². The first-order valence-corrected chi connectivity index (χ1v) is 6.93. The number of nitriles is 2. The van der Waals surface area contributed by atoms with E-state index in [1.54, 1.807) is 12.1 Å². The zero-order chi connectivity index (χ0) is 16.9. The lowest BCUT2D eigenvalue weighted by atomic mass is 10.0. The molecule has 23 heavy (non-hydrogen) atoms. The molecule has 4 atom stereocenters. The predicted molar refractivity (Wildman–Crippen MR) is 70.6 cm³/mol. The second kappa shape index (κ2) is 5.10. The summed E-state index contributed by atoms with van der Waals surface area (Å²) in [7, 11) is 0. The number of aliphatic hydroxyl groups excluding tert-OH is 1. The molecule has 2 fully saturated rings. The molecule has 1 aliphatic heterocycles. The van der Waals surface area contributed by atoms with Crippen molar-refractivity contribution in [3.8, 4) is 12.1 Å². The van der Waals surface area contributed by atoms with Gasteiger partial charge in [0.1, 0.15) is 23.5 Å². The van der Waals surface area contributed by atoms with Crippen LogP contribution < -0.4 is 4.90 Å². The third-order valence-electron chi connectivity index (χ3n) is 4.50. The Hall–Kier alpha value is -2.32. The Bertz CT molecular complexity index is 734. The molecule has 0 aromatic heterocycles. The van der Waals surface area contributed by atoms with E-state index in [4.69, 9.17) is 10.5 Å². The SMILES string of the molecule is N#Cc1cc(N2C[C@H]3C[C@H]3[C@@H]2[C@@H](O)C(F)(F)F)cc(F)c1C#N. The summed E-state index contributed by atoms with van der Waals surface area (Å²) in [4.78, 5) is 1.29. The highest BCUT2D eigenvalue weighted by molar-refractivity contribution is 5.60. The van der Waals surface area contributed by atoms with Gasteiger partial charge < -0.3 is 10.0 Å². The van der Waals surface area contributed by atoms with E-state index in [0.29, 0.717) is 6.42 Å². The number of piperidine rings is 1. The standard InChI is InChI=1S/C15H11F4N3O/c16-12-3-9(1-7(4-20)11(12)5-21)22-6-8-2-10(8)13(22)14(23)15(17,18)19/h1,3,8,10,13-14,23H,2,6H2/t8-,10-,13-,14-/m1/s1. The van der Waals surface area contributed by atoms with Crippen molar-refractivity contribution in [2.24, 2.45) is 11.8 Å². The van der Waals surface area contributed by atoms with Gasteiger partial charge >= 0.3 is 6.18 Å². The molecule has 1 N–H and O–H groups in total. The normalized spacial score (nSPS) is 27.1. The third kappa shape index (κ3) is 2.49. The van der Waals surface area contributed by atoms with Crippen molar-refractivity contribution >= 4 is 5.69 Å². The zero-order valence-corrected chi connectivity index (χ0v) is 11.7. The minimum absolute atomic E-state index is 0.0289. The van der Waals surface area contributed by atoms with Crippen LogP contribution >= 0.6 is 0 Å². The minimum atomic E-state index is -4.77. The Kier molecular flexibility index (Phi) is 3.46. The monoisotopic (exact) mass is 325 g/mol. The number of anilines is 1. The maximum Gasteiger partial charge on any atom is 0.416 e. The van der Waals surface area contributed by atoms with Crippen LogP contribution in [0, 0.1) is 40.3 Å². The molecule has 2 aliphatic rings. The maximum absolute atomic E-state index is 13.9. The zero-order valence-electron chi connectivity index (χ0n) is 11.7. The molecule has 0 amide bonds. The molecule has 8 heteroatoms. The summed E-state index contributed by atoms with van der Waals surface area (Å²) in [6.45, 7) is 0.263. The Morgan fingerprint density at radius 2 is 1.96 bits per heavy atom. The van der Waals surface area contributed by atoms with Crippen molar-refractivity contribution in [2.45, 2.75) is 24.7 Å². The van der Waals surface area contributed by atoms with Crippen LogP contribution in [0.15, 0.2) is 12.1 Å². The van der Waals surface area contributed by atoms with Gasteiger partial charge in [0.25, 0.3) is 0 Å². The highest BCUT2D eigenvalue weighted by Crippen LogP contribution is 2.53. The summed E-state index contributed by atoms with van der Waals surface area (Å²) in [6, 6.07) is 4.18. The summed E-state index contributed by atoms with van der Waals surface area (Å²) < 4.78 is 52.6. The van der Waals surface area contributed by atoms with Crippen molar-refractivity contribution in [1.82, 2.24) is 0 Å². The molecular formula is C15H11F4N3O. The van der Waals surface area contributed by atoms with E-state index in [0.717, 1.165) is 6.07 Å². The number of halogens is 4. The Labute approximate surface area is 129 Å². The molecular weight excluding hydrogens is 314 g/mol. The van der Waals surface area contributed by atoms with Gasteiger partial charge in [-0.1, -0.05) is 0 Å². The lowest BCUT2D eigenvalue weighted by molar-refractivity contribution is -0.210. The van der Waals surface area contributed by atoms with Gasteiger partial charge in [0.05, 0.1) is 11.6 Å². The molecule has 0 unspecified atom stereocenters. The molecule has 1 aromatic carbocycles. The average Bonchev–Trinajstić information content (AvgIpc) is 3.15. The van der Waals surface area contributed by atoms with Crippen LogP contribution in [0.3, 0.4) is 0 Å². The van der Waals surface area contributed by atoms with Crippen molar-refractivity contribution in [3.05, 3.63) is 29.1 Å². The number of nitrogens with zero attached hydrogens (tertiary/aromatic N) is 3. The van der Waals surface area contributed by atoms with E-state index in [9.17, 15) is 22.7 Å². The minimum Gasteiger partial charge on any atom is -0.382 e. The number of alkyl halides is 3. The van der Waals surface area contributed by atoms with E-state index in [2.05, 4.69) is 0 Å². The van der Waals surface area contributed by atoms with Crippen LogP contribution in [0.25, 0.3) is 0 Å². The van der Waals surface area contributed by atoms with Crippen LogP contribution in [0.2, 0.25) is 0 Å². The highest BCUT2D eigenvalue weighted by Gasteiger charge is 2.60. The molecule has 1 saturated carbocycles. The van der Waals surface area contributed by atoms with Crippen LogP contribution in [0.4, 0.5) is 23.2 Å². The Balaban J connectivity index is 2.00. The first-order chi connectivity index (χ1) is 10.8. The number of fused-ring (bicyclic) bond motifs is 1. The largest absolute Gasteiger partial charge is 0.416 e. The topological polar surface area (TPSA) is 71.1 Å². The number of hydrogen-bond donors (Lipinski definition) is 1. The fraction of sp³-hybridized carbons (Fsp3) is 0.467.